The summed E-state index contributed by atoms with van der Waals surface area (Å²) < 4.78 is 0. The first kappa shape index (κ1) is 7.35. The van der Waals surface area contributed by atoms with Gasteiger partial charge in [0, 0.05) is 12.4 Å². The monoisotopic (exact) mass is 138 g/mol. The maximum Gasteiger partial charge on any atom is 0.00373 e. The Morgan fingerprint density at radius 2 is 2.30 bits per heavy atom. The second-order valence-electron chi connectivity index (χ2n) is 2.47. The Morgan fingerprint density at radius 3 is 2.90 bits per heavy atom. The molecule has 0 aliphatic rings. The van der Waals surface area contributed by atoms with Crippen LogP contribution in [0.4, 0.5) is 0 Å². The molecule has 0 saturated heterocycles. The number of unbranched alkanes of at least 4 members (excludes halogenated alkanes) is 1. The number of H-pyrrole nitrogens is 1. The molecule has 2 nitrogen and oxygen atoms in total. The van der Waals surface area contributed by atoms with Crippen LogP contribution in [0.2, 0.25) is 0 Å². The van der Waals surface area contributed by atoms with Crippen LogP contribution in [0, 0.1) is 0 Å². The smallest absolute Gasteiger partial charge is 0.00373 e. The highest BCUT2D eigenvalue weighted by Crippen LogP contribution is 2.01. The number of aromatic nitrogens is 1. The lowest BCUT2D eigenvalue weighted by Gasteiger charge is -1.93. The first-order chi connectivity index (χ1) is 4.93. The van der Waals surface area contributed by atoms with Crippen molar-refractivity contribution < 1.29 is 0 Å². The Hall–Kier alpha value is -0.760. The zero-order valence-corrected chi connectivity index (χ0v) is 6.14. The zero-order chi connectivity index (χ0) is 7.23. The number of hydrogen-bond donors (Lipinski definition) is 2. The van der Waals surface area contributed by atoms with Gasteiger partial charge < -0.3 is 10.7 Å². The van der Waals surface area contributed by atoms with E-state index in [0.29, 0.717) is 0 Å². The molecule has 56 valence electrons. The molecule has 10 heavy (non-hydrogen) atoms. The summed E-state index contributed by atoms with van der Waals surface area (Å²) in [6, 6.07) is 2.11. The normalized spacial score (nSPS) is 10.1. The topological polar surface area (TPSA) is 41.8 Å². The predicted molar refractivity (Wildman–Crippen MR) is 42.8 cm³/mol. The van der Waals surface area contributed by atoms with Crippen LogP contribution in [-0.4, -0.2) is 11.5 Å². The van der Waals surface area contributed by atoms with E-state index < -0.39 is 0 Å². The van der Waals surface area contributed by atoms with Crippen molar-refractivity contribution in [1.29, 1.82) is 0 Å². The van der Waals surface area contributed by atoms with Gasteiger partial charge in [0.25, 0.3) is 0 Å². The van der Waals surface area contributed by atoms with Crippen LogP contribution in [0.25, 0.3) is 0 Å². The number of nitrogens with two attached hydrogens (primary N) is 1. The van der Waals surface area contributed by atoms with Crippen molar-refractivity contribution in [2.24, 2.45) is 5.73 Å². The molecule has 1 heterocycles. The lowest BCUT2D eigenvalue weighted by Crippen LogP contribution is -1.98. The minimum atomic E-state index is 0.810. The number of hydrogen-bond acceptors (Lipinski definition) is 1. The Labute approximate surface area is 61.4 Å². The minimum Gasteiger partial charge on any atom is -0.367 e. The van der Waals surface area contributed by atoms with E-state index in [1.165, 1.54) is 12.0 Å². The van der Waals surface area contributed by atoms with Gasteiger partial charge in [-0.3, -0.25) is 0 Å². The summed E-state index contributed by atoms with van der Waals surface area (Å²) in [6.45, 7) is 0.810. The van der Waals surface area contributed by atoms with Crippen molar-refractivity contribution in [1.82, 2.24) is 4.98 Å². The number of rotatable bonds is 4. The van der Waals surface area contributed by atoms with Gasteiger partial charge in [-0.1, -0.05) is 0 Å². The van der Waals surface area contributed by atoms with Gasteiger partial charge in [0.15, 0.2) is 0 Å². The van der Waals surface area contributed by atoms with Gasteiger partial charge in [0.1, 0.15) is 0 Å². The van der Waals surface area contributed by atoms with Gasteiger partial charge in [0.05, 0.1) is 0 Å². The summed E-state index contributed by atoms with van der Waals surface area (Å²) in [5.74, 6) is 0. The van der Waals surface area contributed by atoms with Crippen molar-refractivity contribution in [2.75, 3.05) is 6.54 Å². The summed E-state index contributed by atoms with van der Waals surface area (Å²) in [6.07, 6.45) is 7.48. The predicted octanol–water partition coefficient (Wildman–Crippen LogP) is 1.30. The Kier molecular flexibility index (Phi) is 3.03. The fraction of sp³-hybridized carbons (Fsp3) is 0.500. The maximum atomic E-state index is 5.36. The van der Waals surface area contributed by atoms with Gasteiger partial charge >= 0.3 is 0 Å². The molecule has 0 aliphatic heterocycles. The van der Waals surface area contributed by atoms with Crippen LogP contribution in [0.1, 0.15) is 18.4 Å². The molecule has 1 rings (SSSR count). The lowest BCUT2D eigenvalue weighted by molar-refractivity contribution is 0.745. The van der Waals surface area contributed by atoms with Crippen molar-refractivity contribution in [3.05, 3.63) is 24.0 Å². The molecule has 0 fully saturated rings. The summed E-state index contributed by atoms with van der Waals surface area (Å²) >= 11 is 0. The lowest BCUT2D eigenvalue weighted by atomic mass is 10.1. The second kappa shape index (κ2) is 4.12. The molecule has 0 aliphatic carbocycles. The third-order valence-corrected chi connectivity index (χ3v) is 1.58. The van der Waals surface area contributed by atoms with Crippen LogP contribution in [0.15, 0.2) is 18.5 Å². The number of aromatic amines is 1. The molecular formula is C8H14N2. The Morgan fingerprint density at radius 1 is 1.40 bits per heavy atom. The summed E-state index contributed by atoms with van der Waals surface area (Å²) in [4.78, 5) is 3.03. The van der Waals surface area contributed by atoms with E-state index in [2.05, 4.69) is 11.1 Å². The third-order valence-electron chi connectivity index (χ3n) is 1.58. The van der Waals surface area contributed by atoms with Crippen molar-refractivity contribution in [3.8, 4) is 0 Å². The van der Waals surface area contributed by atoms with E-state index in [1.807, 2.05) is 12.4 Å². The van der Waals surface area contributed by atoms with Crippen LogP contribution >= 0.6 is 0 Å². The van der Waals surface area contributed by atoms with E-state index in [9.17, 15) is 0 Å². The fourth-order valence-electron chi connectivity index (χ4n) is 0.987. The zero-order valence-electron chi connectivity index (χ0n) is 6.14. The molecule has 2 heteroatoms. The summed E-state index contributed by atoms with van der Waals surface area (Å²) in [5, 5.41) is 0. The van der Waals surface area contributed by atoms with Gasteiger partial charge in [0.2, 0.25) is 0 Å². The molecule has 0 saturated carbocycles. The molecular weight excluding hydrogens is 124 g/mol. The van der Waals surface area contributed by atoms with Crippen molar-refractivity contribution >= 4 is 0 Å². The molecule has 0 spiro atoms. The standard InChI is InChI=1S/C8H14N2/c9-5-2-1-3-8-4-6-10-7-8/h4,6-7,10H,1-3,5,9H2. The minimum absolute atomic E-state index is 0.810. The van der Waals surface area contributed by atoms with Crippen LogP contribution in [0.5, 0.6) is 0 Å². The molecule has 1 aromatic heterocycles. The SMILES string of the molecule is NCCCCc1cc[nH]c1. The average Bonchev–Trinajstić information content (AvgIpc) is 2.41. The van der Waals surface area contributed by atoms with Gasteiger partial charge in [-0.2, -0.15) is 0 Å². The second-order valence-corrected chi connectivity index (χ2v) is 2.47. The third kappa shape index (κ3) is 2.23. The fourth-order valence-corrected chi connectivity index (χ4v) is 0.987. The van der Waals surface area contributed by atoms with Gasteiger partial charge in [-0.05, 0) is 37.4 Å². The highest BCUT2D eigenvalue weighted by molar-refractivity contribution is 5.07. The maximum absolute atomic E-state index is 5.36. The molecule has 0 bridgehead atoms. The molecule has 0 atom stereocenters. The summed E-state index contributed by atoms with van der Waals surface area (Å²) in [7, 11) is 0. The van der Waals surface area contributed by atoms with E-state index in [1.54, 1.807) is 0 Å². The van der Waals surface area contributed by atoms with Crippen LogP contribution < -0.4 is 5.73 Å². The Bertz CT molecular complexity index is 156. The first-order valence-corrected chi connectivity index (χ1v) is 3.75. The largest absolute Gasteiger partial charge is 0.367 e. The molecule has 1 aromatic rings. The quantitative estimate of drug-likeness (QED) is 0.605. The number of aryl methyl sites for hydroxylation is 1. The molecule has 0 amide bonds. The molecule has 0 radical (unpaired) electrons. The van der Waals surface area contributed by atoms with E-state index in [0.717, 1.165) is 19.4 Å². The van der Waals surface area contributed by atoms with Crippen molar-refractivity contribution in [2.45, 2.75) is 19.3 Å². The van der Waals surface area contributed by atoms with Crippen LogP contribution in [-0.2, 0) is 6.42 Å². The van der Waals surface area contributed by atoms with Crippen molar-refractivity contribution in [3.63, 3.8) is 0 Å². The first-order valence-electron chi connectivity index (χ1n) is 3.75. The van der Waals surface area contributed by atoms with E-state index in [-0.39, 0.29) is 0 Å². The molecule has 0 unspecified atom stereocenters. The Balaban J connectivity index is 2.15. The van der Waals surface area contributed by atoms with Crippen LogP contribution in [0.3, 0.4) is 0 Å². The molecule has 3 N–H and O–H groups in total. The van der Waals surface area contributed by atoms with Gasteiger partial charge in [-0.25, -0.2) is 0 Å². The van der Waals surface area contributed by atoms with E-state index in [4.69, 9.17) is 5.73 Å². The van der Waals surface area contributed by atoms with E-state index >= 15 is 0 Å². The summed E-state index contributed by atoms with van der Waals surface area (Å²) in [5.41, 5.74) is 6.74. The highest BCUT2D eigenvalue weighted by atomic mass is 14.6. The number of nitrogens with one attached hydrogen (secondary N) is 1. The molecule has 0 aromatic carbocycles. The van der Waals surface area contributed by atoms with Gasteiger partial charge in [-0.15, -0.1) is 0 Å². The highest BCUT2D eigenvalue weighted by Gasteiger charge is 1.90. The average molecular weight is 138 g/mol.